The Balaban J connectivity index is 1.63. The Morgan fingerprint density at radius 2 is 1.67 bits per heavy atom. The molecule has 36 heavy (non-hydrogen) atoms. The molecule has 1 fully saturated rings. The molecule has 3 N–H and O–H groups in total. The monoisotopic (exact) mass is 496 g/mol. The van der Waals surface area contributed by atoms with E-state index in [9.17, 15) is 14.4 Å². The van der Waals surface area contributed by atoms with Gasteiger partial charge in [-0.25, -0.2) is 9.59 Å². The number of likely N-dealkylation sites (N-methyl/N-ethyl adjacent to an activating group) is 1. The van der Waals surface area contributed by atoms with Gasteiger partial charge in [-0.1, -0.05) is 18.2 Å². The van der Waals surface area contributed by atoms with Gasteiger partial charge in [-0.05, 0) is 71.5 Å². The van der Waals surface area contributed by atoms with E-state index in [4.69, 9.17) is 4.74 Å². The molecular weight excluding hydrogens is 460 g/mol. The first-order chi connectivity index (χ1) is 17.0. The normalized spacial score (nSPS) is 13.2. The molecule has 0 bridgehead atoms. The minimum Gasteiger partial charge on any atom is -0.444 e. The van der Waals surface area contributed by atoms with Crippen molar-refractivity contribution in [3.63, 3.8) is 0 Å². The van der Waals surface area contributed by atoms with Gasteiger partial charge in [0, 0.05) is 31.9 Å². The molecule has 0 spiro atoms. The number of amides is 4. The Bertz CT molecular complexity index is 1060. The summed E-state index contributed by atoms with van der Waals surface area (Å²) >= 11 is 0. The molecule has 4 amide bonds. The minimum absolute atomic E-state index is 0.0877. The van der Waals surface area contributed by atoms with Crippen LogP contribution in [0.25, 0.3) is 0 Å². The van der Waals surface area contributed by atoms with E-state index < -0.39 is 17.6 Å². The number of benzene rings is 1. The minimum atomic E-state index is -0.644. The molecule has 0 saturated heterocycles. The van der Waals surface area contributed by atoms with E-state index in [0.29, 0.717) is 24.5 Å². The van der Waals surface area contributed by atoms with Crippen LogP contribution in [-0.4, -0.2) is 71.6 Å². The first kappa shape index (κ1) is 26.9. The summed E-state index contributed by atoms with van der Waals surface area (Å²) in [5.74, 6) is -0.420. The van der Waals surface area contributed by atoms with Crippen LogP contribution in [0.1, 0.15) is 49.7 Å². The molecule has 10 nitrogen and oxygen atoms in total. The largest absolute Gasteiger partial charge is 0.444 e. The molecule has 1 aliphatic rings. The fourth-order valence-electron chi connectivity index (χ4n) is 3.24. The summed E-state index contributed by atoms with van der Waals surface area (Å²) in [6.07, 6.45) is 3.04. The van der Waals surface area contributed by atoms with Gasteiger partial charge < -0.3 is 25.2 Å². The lowest BCUT2D eigenvalue weighted by atomic mass is 10.2. The third-order valence-corrected chi connectivity index (χ3v) is 5.25. The van der Waals surface area contributed by atoms with E-state index in [-0.39, 0.29) is 17.8 Å². The van der Waals surface area contributed by atoms with Crippen LogP contribution in [0.15, 0.2) is 42.6 Å². The summed E-state index contributed by atoms with van der Waals surface area (Å²) in [6, 6.07) is 10.5. The lowest BCUT2D eigenvalue weighted by molar-refractivity contribution is 0.0635. The zero-order valence-corrected chi connectivity index (χ0v) is 21.6. The molecule has 0 atom stereocenters. The van der Waals surface area contributed by atoms with Gasteiger partial charge in [0.1, 0.15) is 11.3 Å². The van der Waals surface area contributed by atoms with E-state index in [2.05, 4.69) is 20.9 Å². The van der Waals surface area contributed by atoms with Crippen LogP contribution in [0.5, 0.6) is 0 Å². The smallest absolute Gasteiger partial charge is 0.412 e. The number of carbonyl (C=O) groups excluding carboxylic acids is 3. The first-order valence-corrected chi connectivity index (χ1v) is 12.1. The average Bonchev–Trinajstić information content (AvgIpc) is 3.60. The van der Waals surface area contributed by atoms with E-state index in [0.717, 1.165) is 24.9 Å². The molecule has 0 aliphatic heterocycles. The van der Waals surface area contributed by atoms with Crippen molar-refractivity contribution in [2.24, 2.45) is 0 Å². The Morgan fingerprint density at radius 3 is 2.22 bits per heavy atom. The second-order valence-electron chi connectivity index (χ2n) is 10.1. The van der Waals surface area contributed by atoms with Crippen LogP contribution < -0.4 is 16.0 Å². The van der Waals surface area contributed by atoms with Gasteiger partial charge in [-0.3, -0.25) is 15.1 Å². The van der Waals surface area contributed by atoms with Crippen molar-refractivity contribution in [1.82, 2.24) is 20.1 Å². The lowest BCUT2D eigenvalue weighted by Gasteiger charge is -2.25. The molecular formula is C26H36N6O4. The molecule has 1 aromatic carbocycles. The molecule has 1 aromatic heterocycles. The molecule has 1 aliphatic carbocycles. The fraction of sp³-hybridized carbons (Fsp3) is 0.462. The highest BCUT2D eigenvalue weighted by Crippen LogP contribution is 2.23. The molecule has 0 radical (unpaired) electrons. The Kier molecular flexibility index (Phi) is 8.87. The number of urea groups is 1. The standard InChI is InChI=1S/C26H36N6O4/c1-26(2,3)36-25(35)30-21-9-7-6-8-20(21)29-23(33)22-13-10-18(16-27-22)17-32(15-14-31(4)5)24(34)28-19-11-12-19/h6-10,13,16,19H,11-12,14-15,17H2,1-5H3,(H,28,34)(H,29,33)(H,30,35). The van der Waals surface area contributed by atoms with Crippen molar-refractivity contribution >= 4 is 29.4 Å². The molecule has 3 rings (SSSR count). The van der Waals surface area contributed by atoms with Gasteiger partial charge in [-0.2, -0.15) is 0 Å². The topological polar surface area (TPSA) is 116 Å². The maximum atomic E-state index is 12.8. The Hall–Kier alpha value is -3.66. The third-order valence-electron chi connectivity index (χ3n) is 5.25. The molecule has 1 saturated carbocycles. The highest BCUT2D eigenvalue weighted by atomic mass is 16.6. The van der Waals surface area contributed by atoms with Crippen molar-refractivity contribution < 1.29 is 19.1 Å². The van der Waals surface area contributed by atoms with Gasteiger partial charge in [0.05, 0.1) is 11.4 Å². The number of ether oxygens (including phenoxy) is 1. The summed E-state index contributed by atoms with van der Waals surface area (Å²) in [4.78, 5) is 45.7. The summed E-state index contributed by atoms with van der Waals surface area (Å²) in [6.45, 7) is 7.03. The fourth-order valence-corrected chi connectivity index (χ4v) is 3.24. The highest BCUT2D eigenvalue weighted by molar-refractivity contribution is 6.05. The number of hydrogen-bond donors (Lipinski definition) is 3. The Morgan fingerprint density at radius 1 is 1.00 bits per heavy atom. The second kappa shape index (κ2) is 11.9. The van der Waals surface area contributed by atoms with Gasteiger partial charge in [0.25, 0.3) is 5.91 Å². The average molecular weight is 497 g/mol. The lowest BCUT2D eigenvalue weighted by Crippen LogP contribution is -2.43. The van der Waals surface area contributed by atoms with Crippen LogP contribution in [0.2, 0.25) is 0 Å². The van der Waals surface area contributed by atoms with E-state index in [1.807, 2.05) is 19.0 Å². The second-order valence-corrected chi connectivity index (χ2v) is 10.1. The van der Waals surface area contributed by atoms with Crippen LogP contribution in [0, 0.1) is 0 Å². The van der Waals surface area contributed by atoms with Gasteiger partial charge >= 0.3 is 12.1 Å². The zero-order chi connectivity index (χ0) is 26.3. The number of aromatic nitrogens is 1. The van der Waals surface area contributed by atoms with Gasteiger partial charge in [-0.15, -0.1) is 0 Å². The van der Waals surface area contributed by atoms with Crippen LogP contribution >= 0.6 is 0 Å². The first-order valence-electron chi connectivity index (χ1n) is 12.1. The molecule has 10 heteroatoms. The van der Waals surface area contributed by atoms with E-state index in [1.165, 1.54) is 0 Å². The predicted molar refractivity (Wildman–Crippen MR) is 139 cm³/mol. The number of nitrogens with zero attached hydrogens (tertiary/aromatic N) is 3. The van der Waals surface area contributed by atoms with Crippen molar-refractivity contribution in [2.75, 3.05) is 37.8 Å². The van der Waals surface area contributed by atoms with Gasteiger partial charge in [0.15, 0.2) is 0 Å². The molecule has 194 valence electrons. The molecule has 1 heterocycles. The quantitative estimate of drug-likeness (QED) is 0.485. The van der Waals surface area contributed by atoms with E-state index >= 15 is 0 Å². The number of hydrogen-bond acceptors (Lipinski definition) is 6. The molecule has 0 unspecified atom stereocenters. The number of nitrogens with one attached hydrogen (secondary N) is 3. The summed E-state index contributed by atoms with van der Waals surface area (Å²) in [7, 11) is 3.93. The van der Waals surface area contributed by atoms with Crippen molar-refractivity contribution in [1.29, 1.82) is 0 Å². The summed E-state index contributed by atoms with van der Waals surface area (Å²) in [5, 5.41) is 8.47. The number of carbonyl (C=O) groups is 3. The number of rotatable bonds is 9. The Labute approximate surface area is 212 Å². The summed E-state index contributed by atoms with van der Waals surface area (Å²) < 4.78 is 5.29. The van der Waals surface area contributed by atoms with Crippen molar-refractivity contribution in [3.8, 4) is 0 Å². The number of para-hydroxylation sites is 2. The summed E-state index contributed by atoms with van der Waals surface area (Å²) in [5.41, 5.74) is 1.23. The van der Waals surface area contributed by atoms with Gasteiger partial charge in [0.2, 0.25) is 0 Å². The van der Waals surface area contributed by atoms with Crippen molar-refractivity contribution in [3.05, 3.63) is 53.9 Å². The maximum Gasteiger partial charge on any atom is 0.412 e. The predicted octanol–water partition coefficient (Wildman–Crippen LogP) is 3.92. The van der Waals surface area contributed by atoms with Crippen molar-refractivity contribution in [2.45, 2.75) is 51.8 Å². The highest BCUT2D eigenvalue weighted by Gasteiger charge is 2.26. The van der Waals surface area contributed by atoms with Crippen LogP contribution in [-0.2, 0) is 11.3 Å². The van der Waals surface area contributed by atoms with Crippen LogP contribution in [0.4, 0.5) is 21.0 Å². The molecule has 2 aromatic rings. The maximum absolute atomic E-state index is 12.8. The number of anilines is 2. The van der Waals surface area contributed by atoms with E-state index in [1.54, 1.807) is 68.3 Å². The zero-order valence-electron chi connectivity index (χ0n) is 21.6. The SMILES string of the molecule is CN(C)CCN(Cc1ccc(C(=O)Nc2ccccc2NC(=O)OC(C)(C)C)nc1)C(=O)NC1CC1. The van der Waals surface area contributed by atoms with Crippen LogP contribution in [0.3, 0.4) is 0 Å². The third kappa shape index (κ3) is 8.84. The number of pyridine rings is 1.